The van der Waals surface area contributed by atoms with E-state index >= 15 is 4.39 Å². The van der Waals surface area contributed by atoms with E-state index in [1.165, 1.54) is 6.07 Å². The number of nitrogens with zero attached hydrogens (tertiary/aromatic N) is 1. The van der Waals surface area contributed by atoms with Gasteiger partial charge in [0.15, 0.2) is 0 Å². The summed E-state index contributed by atoms with van der Waals surface area (Å²) in [5, 5.41) is 12.4. The number of aryl methyl sites for hydroxylation is 1. The highest BCUT2D eigenvalue weighted by atomic mass is 19.1. The van der Waals surface area contributed by atoms with Crippen molar-refractivity contribution < 1.29 is 23.8 Å². The van der Waals surface area contributed by atoms with Crippen molar-refractivity contribution in [2.45, 2.75) is 57.7 Å². The Kier molecular flexibility index (Phi) is 10.1. The van der Waals surface area contributed by atoms with E-state index < -0.39 is 5.60 Å². The molecule has 208 valence electrons. The Balaban J connectivity index is 1.56. The van der Waals surface area contributed by atoms with Crippen molar-refractivity contribution in [2.24, 2.45) is 5.92 Å². The highest BCUT2D eigenvalue weighted by Crippen LogP contribution is 2.45. The first kappa shape index (κ1) is 28.8. The average Bonchev–Trinajstić information content (AvgIpc) is 2.98. The van der Waals surface area contributed by atoms with Crippen LogP contribution >= 0.6 is 0 Å². The fourth-order valence-electron chi connectivity index (χ4n) is 5.67. The zero-order chi connectivity index (χ0) is 27.7. The molecule has 0 aromatic heterocycles. The van der Waals surface area contributed by atoms with Crippen molar-refractivity contribution in [1.29, 1.82) is 0 Å². The van der Waals surface area contributed by atoms with Gasteiger partial charge in [0, 0.05) is 32.4 Å². The van der Waals surface area contributed by atoms with E-state index in [2.05, 4.69) is 6.92 Å². The Morgan fingerprint density at radius 2 is 1.72 bits per heavy atom. The molecule has 39 heavy (non-hydrogen) atoms. The number of likely N-dealkylation sites (tertiary alicyclic amines) is 1. The molecule has 0 bridgehead atoms. The molecule has 3 aromatic carbocycles. The minimum atomic E-state index is -1.24. The summed E-state index contributed by atoms with van der Waals surface area (Å²) in [6.45, 7) is 3.87. The molecule has 0 spiro atoms. The van der Waals surface area contributed by atoms with Crippen LogP contribution in [0, 0.1) is 11.7 Å². The number of aliphatic hydroxyl groups is 1. The molecule has 6 heteroatoms. The van der Waals surface area contributed by atoms with Crippen LogP contribution in [-0.4, -0.2) is 42.9 Å². The molecule has 1 aliphatic rings. The molecule has 0 radical (unpaired) electrons. The molecular weight excluding hydrogens is 493 g/mol. The van der Waals surface area contributed by atoms with Crippen LogP contribution in [0.4, 0.5) is 9.18 Å². The van der Waals surface area contributed by atoms with E-state index in [4.69, 9.17) is 9.47 Å². The first-order valence-electron chi connectivity index (χ1n) is 14.0. The smallest absolute Gasteiger partial charge is 0.410 e. The van der Waals surface area contributed by atoms with E-state index in [1.807, 2.05) is 60.7 Å². The second-order valence-corrected chi connectivity index (χ2v) is 10.4. The maximum atomic E-state index is 15.5. The Hall–Kier alpha value is -3.22. The van der Waals surface area contributed by atoms with E-state index in [9.17, 15) is 9.90 Å². The lowest BCUT2D eigenvalue weighted by atomic mass is 9.71. The monoisotopic (exact) mass is 533 g/mol. The molecule has 3 aromatic rings. The number of rotatable bonds is 11. The zero-order valence-electron chi connectivity index (χ0n) is 23.1. The number of benzene rings is 3. The van der Waals surface area contributed by atoms with Gasteiger partial charge in [-0.25, -0.2) is 9.18 Å². The van der Waals surface area contributed by atoms with Crippen molar-refractivity contribution in [1.82, 2.24) is 4.90 Å². The molecule has 1 aliphatic heterocycles. The Morgan fingerprint density at radius 3 is 2.44 bits per heavy atom. The quantitative estimate of drug-likeness (QED) is 0.267. The van der Waals surface area contributed by atoms with E-state index in [0.717, 1.165) is 36.0 Å². The molecule has 1 saturated heterocycles. The summed E-state index contributed by atoms with van der Waals surface area (Å²) in [6, 6.07) is 22.5. The number of unbranched alkanes of at least 4 members (excludes halogenated alkanes) is 1. The molecule has 0 aliphatic carbocycles. The third-order valence-corrected chi connectivity index (χ3v) is 7.89. The maximum absolute atomic E-state index is 15.5. The summed E-state index contributed by atoms with van der Waals surface area (Å²) in [4.78, 5) is 14.5. The first-order chi connectivity index (χ1) is 19.0. The van der Waals surface area contributed by atoms with Gasteiger partial charge in [0.2, 0.25) is 0 Å². The van der Waals surface area contributed by atoms with Crippen LogP contribution in [0.2, 0.25) is 0 Å². The number of piperidine rings is 1. The zero-order valence-corrected chi connectivity index (χ0v) is 23.1. The Morgan fingerprint density at radius 1 is 1.00 bits per heavy atom. The van der Waals surface area contributed by atoms with Gasteiger partial charge in [0.25, 0.3) is 0 Å². The third-order valence-electron chi connectivity index (χ3n) is 7.89. The average molecular weight is 534 g/mol. The molecule has 0 saturated carbocycles. The van der Waals surface area contributed by atoms with Gasteiger partial charge in [-0.1, -0.05) is 73.7 Å². The van der Waals surface area contributed by atoms with Gasteiger partial charge in [0.05, 0.1) is 5.60 Å². The second kappa shape index (κ2) is 13.7. The number of halogens is 1. The molecular formula is C33H40FNO4. The molecule has 1 unspecified atom stereocenters. The summed E-state index contributed by atoms with van der Waals surface area (Å²) in [5.41, 5.74) is 2.68. The van der Waals surface area contributed by atoms with Crippen LogP contribution in [0.15, 0.2) is 72.8 Å². The minimum absolute atomic E-state index is 0.131. The largest absolute Gasteiger partial charge is 0.445 e. The Bertz CT molecular complexity index is 1210. The number of carbonyl (C=O) groups excluding carboxylic acids is 1. The van der Waals surface area contributed by atoms with E-state index in [1.54, 1.807) is 18.1 Å². The lowest BCUT2D eigenvalue weighted by Gasteiger charge is -2.42. The predicted molar refractivity (Wildman–Crippen MR) is 152 cm³/mol. The molecule has 5 nitrogen and oxygen atoms in total. The van der Waals surface area contributed by atoms with Crippen LogP contribution in [-0.2, 0) is 28.1 Å². The number of hydrogen-bond donors (Lipinski definition) is 1. The topological polar surface area (TPSA) is 59.0 Å². The summed E-state index contributed by atoms with van der Waals surface area (Å²) < 4.78 is 26.3. The van der Waals surface area contributed by atoms with Crippen LogP contribution < -0.4 is 0 Å². The van der Waals surface area contributed by atoms with Crippen molar-refractivity contribution >= 4 is 6.09 Å². The third kappa shape index (κ3) is 7.06. The number of hydrogen-bond acceptors (Lipinski definition) is 4. The number of carbonyl (C=O) groups is 1. The highest BCUT2D eigenvalue weighted by Gasteiger charge is 2.42. The molecule has 4 rings (SSSR count). The number of amides is 1. The van der Waals surface area contributed by atoms with Gasteiger partial charge < -0.3 is 19.5 Å². The molecule has 1 amide bonds. The van der Waals surface area contributed by atoms with Crippen molar-refractivity contribution in [3.8, 4) is 11.1 Å². The van der Waals surface area contributed by atoms with Gasteiger partial charge >= 0.3 is 6.09 Å². The van der Waals surface area contributed by atoms with Crippen LogP contribution in [0.1, 0.15) is 55.7 Å². The fraction of sp³-hybridized carbons (Fsp3) is 0.424. The van der Waals surface area contributed by atoms with Crippen molar-refractivity contribution in [3.05, 3.63) is 95.3 Å². The fourth-order valence-corrected chi connectivity index (χ4v) is 5.67. The molecule has 1 atom stereocenters. The number of methoxy groups -OCH3 is 1. The van der Waals surface area contributed by atoms with Crippen LogP contribution in [0.3, 0.4) is 0 Å². The molecule has 1 fully saturated rings. The SMILES string of the molecule is CCc1cccc(-c2c(F)cccc2C(O)(CCCCOC)C2CCN(C(=O)OCc3ccccc3)CC2)c1. The van der Waals surface area contributed by atoms with Crippen molar-refractivity contribution in [2.75, 3.05) is 26.8 Å². The normalized spacial score (nSPS) is 15.6. The summed E-state index contributed by atoms with van der Waals surface area (Å²) in [6.07, 6.45) is 3.75. The first-order valence-corrected chi connectivity index (χ1v) is 14.0. The van der Waals surface area contributed by atoms with Crippen LogP contribution in [0.25, 0.3) is 11.1 Å². The van der Waals surface area contributed by atoms with Gasteiger partial charge in [-0.15, -0.1) is 0 Å². The second-order valence-electron chi connectivity index (χ2n) is 10.4. The minimum Gasteiger partial charge on any atom is -0.445 e. The van der Waals surface area contributed by atoms with Gasteiger partial charge in [-0.2, -0.15) is 0 Å². The highest BCUT2D eigenvalue weighted by molar-refractivity contribution is 5.70. The molecule has 1 N–H and O–H groups in total. The van der Waals surface area contributed by atoms with E-state index in [0.29, 0.717) is 50.1 Å². The van der Waals surface area contributed by atoms with Gasteiger partial charge in [-0.05, 0) is 72.8 Å². The molecule has 1 heterocycles. The number of ether oxygens (including phenoxy) is 2. The summed E-state index contributed by atoms with van der Waals surface area (Å²) in [5.74, 6) is -0.467. The Labute approximate surface area is 231 Å². The predicted octanol–water partition coefficient (Wildman–Crippen LogP) is 7.11. The van der Waals surface area contributed by atoms with Crippen LogP contribution in [0.5, 0.6) is 0 Å². The summed E-state index contributed by atoms with van der Waals surface area (Å²) in [7, 11) is 1.67. The van der Waals surface area contributed by atoms with E-state index in [-0.39, 0.29) is 24.4 Å². The van der Waals surface area contributed by atoms with Gasteiger partial charge in [0.1, 0.15) is 12.4 Å². The summed E-state index contributed by atoms with van der Waals surface area (Å²) >= 11 is 0. The van der Waals surface area contributed by atoms with Crippen molar-refractivity contribution in [3.63, 3.8) is 0 Å². The van der Waals surface area contributed by atoms with Gasteiger partial charge in [-0.3, -0.25) is 0 Å². The standard InChI is InChI=1S/C33H40FNO4/c1-3-25-13-9-14-27(23-25)31-29(15-10-16-30(31)34)33(37,19-7-8-22-38-2)28-17-20-35(21-18-28)32(36)39-24-26-11-5-4-6-12-26/h4-6,9-16,23,28,37H,3,7-8,17-22,24H2,1-2H3. The lowest BCUT2D eigenvalue weighted by Crippen LogP contribution is -2.46. The maximum Gasteiger partial charge on any atom is 0.410 e. The lowest BCUT2D eigenvalue weighted by molar-refractivity contribution is -0.0567.